The van der Waals surface area contributed by atoms with E-state index in [9.17, 15) is 28.3 Å². The first kappa shape index (κ1) is 29.8. The average molecular weight is 620 g/mol. The van der Waals surface area contributed by atoms with Crippen molar-refractivity contribution in [2.45, 2.75) is 89.8 Å². The maximum Gasteiger partial charge on any atom is 0.310 e. The molecule has 6 rings (SSSR count). The molecule has 2 aliphatic carbocycles. The van der Waals surface area contributed by atoms with E-state index in [-0.39, 0.29) is 42.4 Å². The predicted octanol–water partition coefficient (Wildman–Crippen LogP) is 5.11. The minimum atomic E-state index is -2.77. The van der Waals surface area contributed by atoms with E-state index in [2.05, 4.69) is 10.3 Å². The fourth-order valence-electron chi connectivity index (χ4n) is 7.05. The summed E-state index contributed by atoms with van der Waals surface area (Å²) >= 11 is 6.67. The Balaban J connectivity index is 1.36. The molecule has 2 saturated carbocycles. The molecule has 1 aromatic carbocycles. The number of amides is 2. The van der Waals surface area contributed by atoms with E-state index in [0.29, 0.717) is 61.5 Å². The topological polar surface area (TPSA) is 118 Å². The number of carbonyl (C=O) groups is 3. The summed E-state index contributed by atoms with van der Waals surface area (Å²) in [5, 5.41) is 18.6. The molecule has 1 N–H and O–H groups in total. The summed E-state index contributed by atoms with van der Waals surface area (Å²) in [4.78, 5) is 42.9. The highest BCUT2D eigenvalue weighted by Crippen LogP contribution is 2.47. The second kappa shape index (κ2) is 11.7. The number of carboxylic acid groups (broad SMARTS) is 1. The van der Waals surface area contributed by atoms with Crippen LogP contribution in [0.25, 0.3) is 0 Å². The number of ether oxygens (including phenoxy) is 1. The molecule has 1 unspecified atom stereocenters. The Morgan fingerprint density at radius 3 is 2.63 bits per heavy atom. The SMILES string of the molecule is C[C@]1(C(=O)O)CCCC[C@H]1C(=O)N1CCc2c(Cl)ccc(OCc3nnn(C4CC4)c3C(F)F)c2C1CN1CCCC1=O. The van der Waals surface area contributed by atoms with Crippen molar-refractivity contribution < 1.29 is 33.0 Å². The lowest BCUT2D eigenvalue weighted by molar-refractivity contribution is -0.162. The molecule has 232 valence electrons. The second-order valence-corrected chi connectivity index (χ2v) is 12.8. The smallest absolute Gasteiger partial charge is 0.310 e. The van der Waals surface area contributed by atoms with Crippen LogP contribution in [0.4, 0.5) is 8.78 Å². The van der Waals surface area contributed by atoms with Gasteiger partial charge in [0.05, 0.1) is 23.4 Å². The third-order valence-electron chi connectivity index (χ3n) is 9.68. The van der Waals surface area contributed by atoms with E-state index in [4.69, 9.17) is 16.3 Å². The molecule has 2 amide bonds. The van der Waals surface area contributed by atoms with Gasteiger partial charge in [0.25, 0.3) is 6.43 Å². The number of likely N-dealkylation sites (tertiary alicyclic amines) is 1. The number of carboxylic acids is 1. The summed E-state index contributed by atoms with van der Waals surface area (Å²) in [6.07, 6.45) is 2.67. The number of halogens is 3. The van der Waals surface area contributed by atoms with Gasteiger partial charge in [-0.2, -0.15) is 0 Å². The Kier molecular flexibility index (Phi) is 8.08. The van der Waals surface area contributed by atoms with Gasteiger partial charge in [-0.15, -0.1) is 5.10 Å². The fraction of sp³-hybridized carbons (Fsp3) is 0.633. The largest absolute Gasteiger partial charge is 0.487 e. The monoisotopic (exact) mass is 619 g/mol. The molecule has 0 radical (unpaired) electrons. The van der Waals surface area contributed by atoms with Gasteiger partial charge in [0.15, 0.2) is 0 Å². The van der Waals surface area contributed by atoms with Gasteiger partial charge >= 0.3 is 5.97 Å². The first-order chi connectivity index (χ1) is 20.6. The number of nitrogens with zero attached hydrogens (tertiary/aromatic N) is 5. The maximum absolute atomic E-state index is 14.3. The molecule has 4 aliphatic rings. The van der Waals surface area contributed by atoms with Crippen molar-refractivity contribution in [2.24, 2.45) is 11.3 Å². The summed E-state index contributed by atoms with van der Waals surface area (Å²) in [7, 11) is 0. The van der Waals surface area contributed by atoms with Gasteiger partial charge in [-0.25, -0.2) is 13.5 Å². The van der Waals surface area contributed by atoms with Gasteiger partial charge in [0.2, 0.25) is 11.8 Å². The molecule has 2 aliphatic heterocycles. The Hall–Kier alpha value is -3.28. The number of aliphatic carboxylic acids is 1. The summed E-state index contributed by atoms with van der Waals surface area (Å²) < 4.78 is 35.5. The van der Waals surface area contributed by atoms with Crippen molar-refractivity contribution in [3.05, 3.63) is 39.7 Å². The fourth-order valence-corrected chi connectivity index (χ4v) is 7.31. The van der Waals surface area contributed by atoms with E-state index in [1.807, 2.05) is 0 Å². The van der Waals surface area contributed by atoms with E-state index in [1.54, 1.807) is 28.9 Å². The number of hydrogen-bond acceptors (Lipinski definition) is 6. The molecule has 3 heterocycles. The molecule has 10 nitrogen and oxygen atoms in total. The van der Waals surface area contributed by atoms with Crippen molar-refractivity contribution in [1.29, 1.82) is 0 Å². The highest BCUT2D eigenvalue weighted by atomic mass is 35.5. The molecule has 43 heavy (non-hydrogen) atoms. The third-order valence-corrected chi connectivity index (χ3v) is 10.0. The lowest BCUT2D eigenvalue weighted by Gasteiger charge is -2.45. The molecular formula is C30H36ClF2N5O5. The number of hydrogen-bond donors (Lipinski definition) is 1. The highest BCUT2D eigenvalue weighted by molar-refractivity contribution is 6.31. The number of fused-ring (bicyclic) bond motifs is 1. The van der Waals surface area contributed by atoms with Crippen LogP contribution in [0, 0.1) is 11.3 Å². The molecular weight excluding hydrogens is 584 g/mol. The Bertz CT molecular complexity index is 1430. The van der Waals surface area contributed by atoms with Crippen LogP contribution in [0.2, 0.25) is 5.02 Å². The van der Waals surface area contributed by atoms with E-state index in [0.717, 1.165) is 31.2 Å². The van der Waals surface area contributed by atoms with Crippen LogP contribution in [0.5, 0.6) is 5.75 Å². The third kappa shape index (κ3) is 5.47. The summed E-state index contributed by atoms with van der Waals surface area (Å²) in [6.45, 7) is 2.43. The second-order valence-electron chi connectivity index (χ2n) is 12.4. The molecule has 3 atom stereocenters. The first-order valence-electron chi connectivity index (χ1n) is 15.1. The van der Waals surface area contributed by atoms with Gasteiger partial charge < -0.3 is 19.6 Å². The van der Waals surface area contributed by atoms with Gasteiger partial charge in [-0.3, -0.25) is 14.4 Å². The lowest BCUT2D eigenvalue weighted by Crippen LogP contribution is -2.52. The number of aromatic nitrogens is 3. The van der Waals surface area contributed by atoms with E-state index < -0.39 is 29.8 Å². The molecule has 1 saturated heterocycles. The maximum atomic E-state index is 14.3. The van der Waals surface area contributed by atoms with Crippen LogP contribution in [0.3, 0.4) is 0 Å². The Morgan fingerprint density at radius 2 is 1.95 bits per heavy atom. The minimum absolute atomic E-state index is 0.0182. The van der Waals surface area contributed by atoms with Crippen molar-refractivity contribution in [1.82, 2.24) is 24.8 Å². The lowest BCUT2D eigenvalue weighted by atomic mass is 9.66. The molecule has 13 heteroatoms. The Labute approximate surface area is 253 Å². The van der Waals surface area contributed by atoms with Gasteiger partial charge in [-0.05, 0) is 63.1 Å². The minimum Gasteiger partial charge on any atom is -0.487 e. The summed E-state index contributed by atoms with van der Waals surface area (Å²) in [5.41, 5.74) is -0.0317. The first-order valence-corrected chi connectivity index (χ1v) is 15.5. The van der Waals surface area contributed by atoms with Crippen LogP contribution in [0.15, 0.2) is 12.1 Å². The van der Waals surface area contributed by atoms with E-state index in [1.165, 1.54) is 4.68 Å². The van der Waals surface area contributed by atoms with Crippen LogP contribution < -0.4 is 4.74 Å². The van der Waals surface area contributed by atoms with E-state index >= 15 is 0 Å². The van der Waals surface area contributed by atoms with Gasteiger partial charge in [-0.1, -0.05) is 29.7 Å². The Morgan fingerprint density at radius 1 is 1.16 bits per heavy atom. The van der Waals surface area contributed by atoms with Crippen molar-refractivity contribution >= 4 is 29.4 Å². The molecule has 3 fully saturated rings. The van der Waals surface area contributed by atoms with Gasteiger partial charge in [0, 0.05) is 36.6 Å². The van der Waals surface area contributed by atoms with Crippen molar-refractivity contribution in [3.63, 3.8) is 0 Å². The zero-order valence-corrected chi connectivity index (χ0v) is 24.9. The summed E-state index contributed by atoms with van der Waals surface area (Å²) in [6, 6.07) is 2.61. The van der Waals surface area contributed by atoms with Crippen LogP contribution >= 0.6 is 11.6 Å². The van der Waals surface area contributed by atoms with Crippen molar-refractivity contribution in [2.75, 3.05) is 19.6 Å². The number of rotatable bonds is 9. The standard InChI is InChI=1S/C30H36ClF2N5O5/c1-30(29(41)42)12-3-2-5-19(30)28(40)37-14-11-18-20(31)9-10-23(25(18)22(37)15-36-13-4-6-24(36)39)43-16-21-26(27(32)33)38(35-34-21)17-7-8-17/h9-10,17,19,22,27H,2-8,11-16H2,1H3,(H,41,42)/t19-,22?,30-/m0/s1. The normalized spacial score (nSPS) is 25.7. The zero-order valence-electron chi connectivity index (χ0n) is 24.1. The highest BCUT2D eigenvalue weighted by Gasteiger charge is 2.50. The van der Waals surface area contributed by atoms with Crippen LogP contribution in [-0.2, 0) is 27.4 Å². The number of carbonyl (C=O) groups excluding carboxylic acids is 2. The number of alkyl halides is 2. The molecule has 0 bridgehead atoms. The molecule has 2 aromatic rings. The van der Waals surface area contributed by atoms with Gasteiger partial charge in [0.1, 0.15) is 23.7 Å². The van der Waals surface area contributed by atoms with Crippen LogP contribution in [-0.4, -0.2) is 67.3 Å². The molecule has 1 aromatic heterocycles. The quantitative estimate of drug-likeness (QED) is 0.414. The summed E-state index contributed by atoms with van der Waals surface area (Å²) in [5.74, 6) is -1.62. The average Bonchev–Trinajstić information content (AvgIpc) is 3.61. The number of benzene rings is 1. The molecule has 0 spiro atoms. The van der Waals surface area contributed by atoms with Crippen molar-refractivity contribution in [3.8, 4) is 5.75 Å². The van der Waals surface area contributed by atoms with Crippen LogP contribution in [0.1, 0.15) is 99.3 Å². The zero-order chi connectivity index (χ0) is 30.5. The predicted molar refractivity (Wildman–Crippen MR) is 151 cm³/mol.